The van der Waals surface area contributed by atoms with Crippen molar-refractivity contribution in [2.45, 2.75) is 39.0 Å². The lowest BCUT2D eigenvalue weighted by Crippen LogP contribution is -2.41. The Morgan fingerprint density at radius 3 is 1.79 bits per heavy atom. The molecule has 1 heterocycles. The van der Waals surface area contributed by atoms with Crippen molar-refractivity contribution in [2.75, 3.05) is 5.75 Å². The van der Waals surface area contributed by atoms with Crippen LogP contribution in [-0.2, 0) is 19.6 Å². The molecule has 2 unspecified atom stereocenters. The number of rotatable bonds is 3. The molecular formula is C13H19NO4S. The van der Waals surface area contributed by atoms with Gasteiger partial charge in [0.25, 0.3) is 0 Å². The summed E-state index contributed by atoms with van der Waals surface area (Å²) in [7, 11) is -3.75. The van der Waals surface area contributed by atoms with Crippen LogP contribution in [0.4, 0.5) is 0 Å². The Kier molecular flexibility index (Phi) is 2.96. The van der Waals surface area contributed by atoms with Gasteiger partial charge in [-0.3, -0.25) is 9.59 Å². The van der Waals surface area contributed by atoms with Gasteiger partial charge in [-0.2, -0.15) is 4.31 Å². The average Bonchev–Trinajstić information content (AvgIpc) is 2.66. The van der Waals surface area contributed by atoms with Crippen molar-refractivity contribution in [3.8, 4) is 0 Å². The van der Waals surface area contributed by atoms with Gasteiger partial charge in [-0.05, 0) is 43.9 Å². The molecule has 1 aliphatic heterocycles. The SMILES string of the molecule is CCCS(=O)(=O)N1C(=O)C2C3CCC(CC3)C2C1=O. The predicted octanol–water partition coefficient (Wildman–Crippen LogP) is 1.15. The smallest absolute Gasteiger partial charge is 0.247 e. The van der Waals surface area contributed by atoms with Crippen molar-refractivity contribution in [1.29, 1.82) is 0 Å². The number of fused-ring (bicyclic) bond motifs is 2. The zero-order valence-electron chi connectivity index (χ0n) is 11.0. The Morgan fingerprint density at radius 1 is 1.00 bits per heavy atom. The van der Waals surface area contributed by atoms with Gasteiger partial charge in [0.2, 0.25) is 21.8 Å². The summed E-state index contributed by atoms with van der Waals surface area (Å²) in [4.78, 5) is 24.8. The number of hydrogen-bond donors (Lipinski definition) is 0. The van der Waals surface area contributed by atoms with Crippen LogP contribution in [0.3, 0.4) is 0 Å². The first-order valence-corrected chi connectivity index (χ1v) is 8.69. The van der Waals surface area contributed by atoms with Crippen LogP contribution >= 0.6 is 0 Å². The van der Waals surface area contributed by atoms with Gasteiger partial charge in [-0.25, -0.2) is 8.42 Å². The summed E-state index contributed by atoms with van der Waals surface area (Å²) in [6.07, 6.45) is 4.28. The third-order valence-corrected chi connectivity index (χ3v) is 6.77. The molecule has 2 bridgehead atoms. The monoisotopic (exact) mass is 285 g/mol. The number of hydrogen-bond acceptors (Lipinski definition) is 4. The molecule has 0 aromatic carbocycles. The molecule has 0 radical (unpaired) electrons. The van der Waals surface area contributed by atoms with Crippen LogP contribution in [0, 0.1) is 23.7 Å². The Balaban J connectivity index is 1.98. The lowest BCUT2D eigenvalue weighted by Gasteiger charge is -2.42. The minimum atomic E-state index is -3.75. The number of carbonyl (C=O) groups is 2. The highest BCUT2D eigenvalue weighted by molar-refractivity contribution is 7.90. The highest BCUT2D eigenvalue weighted by atomic mass is 32.2. The molecule has 0 N–H and O–H groups in total. The van der Waals surface area contributed by atoms with Crippen molar-refractivity contribution in [2.24, 2.45) is 23.7 Å². The third kappa shape index (κ3) is 1.75. The molecule has 1 saturated heterocycles. The minimum absolute atomic E-state index is 0.126. The summed E-state index contributed by atoms with van der Waals surface area (Å²) in [5.74, 6) is -1.30. The zero-order chi connectivity index (χ0) is 13.8. The van der Waals surface area contributed by atoms with E-state index in [0.29, 0.717) is 10.7 Å². The van der Waals surface area contributed by atoms with Crippen LogP contribution in [0.15, 0.2) is 0 Å². The largest absolute Gasteiger partial charge is 0.273 e. The third-order valence-electron chi connectivity index (χ3n) is 4.93. The fraction of sp³-hybridized carbons (Fsp3) is 0.846. The summed E-state index contributed by atoms with van der Waals surface area (Å²) in [6.45, 7) is 1.74. The van der Waals surface area contributed by atoms with Crippen molar-refractivity contribution < 1.29 is 18.0 Å². The fourth-order valence-corrected chi connectivity index (χ4v) is 5.65. The Bertz CT molecular complexity index is 489. The van der Waals surface area contributed by atoms with Gasteiger partial charge in [0, 0.05) is 0 Å². The number of sulfonamides is 1. The van der Waals surface area contributed by atoms with E-state index in [-0.39, 0.29) is 29.4 Å². The maximum Gasteiger partial charge on any atom is 0.247 e. The summed E-state index contributed by atoms with van der Waals surface area (Å²) in [5.41, 5.74) is 0. The van der Waals surface area contributed by atoms with E-state index >= 15 is 0 Å². The summed E-state index contributed by atoms with van der Waals surface area (Å²) in [5, 5.41) is 0. The van der Waals surface area contributed by atoms with Crippen LogP contribution in [0.2, 0.25) is 0 Å². The highest BCUT2D eigenvalue weighted by Gasteiger charge is 2.60. The van der Waals surface area contributed by atoms with Crippen LogP contribution in [-0.4, -0.2) is 30.3 Å². The van der Waals surface area contributed by atoms with Crippen LogP contribution in [0.25, 0.3) is 0 Å². The van der Waals surface area contributed by atoms with Gasteiger partial charge < -0.3 is 0 Å². The molecule has 6 heteroatoms. The minimum Gasteiger partial charge on any atom is -0.273 e. The Morgan fingerprint density at radius 2 is 1.42 bits per heavy atom. The maximum absolute atomic E-state index is 12.4. The number of amides is 2. The first kappa shape index (κ1) is 13.1. The quantitative estimate of drug-likeness (QED) is 0.729. The highest BCUT2D eigenvalue weighted by Crippen LogP contribution is 2.53. The van der Waals surface area contributed by atoms with E-state index in [0.717, 1.165) is 25.7 Å². The van der Waals surface area contributed by atoms with Crippen molar-refractivity contribution in [3.05, 3.63) is 0 Å². The molecule has 3 aliphatic carbocycles. The molecule has 5 nitrogen and oxygen atoms in total. The topological polar surface area (TPSA) is 71.5 Å². The van der Waals surface area contributed by atoms with Crippen molar-refractivity contribution >= 4 is 21.8 Å². The lowest BCUT2D eigenvalue weighted by molar-refractivity contribution is -0.134. The van der Waals surface area contributed by atoms with Gasteiger partial charge >= 0.3 is 0 Å². The molecule has 2 atom stereocenters. The van der Waals surface area contributed by atoms with Crippen molar-refractivity contribution in [1.82, 2.24) is 4.31 Å². The van der Waals surface area contributed by atoms with E-state index in [4.69, 9.17) is 0 Å². The first-order chi connectivity index (χ1) is 8.97. The lowest BCUT2D eigenvalue weighted by atomic mass is 9.59. The average molecular weight is 285 g/mol. The second-order valence-electron chi connectivity index (χ2n) is 5.98. The van der Waals surface area contributed by atoms with E-state index in [1.165, 1.54) is 0 Å². The zero-order valence-corrected chi connectivity index (χ0v) is 11.9. The fourth-order valence-electron chi connectivity index (χ4n) is 4.16. The van der Waals surface area contributed by atoms with E-state index in [1.54, 1.807) is 6.92 Å². The van der Waals surface area contributed by atoms with E-state index in [1.807, 2.05) is 0 Å². The van der Waals surface area contributed by atoms with E-state index < -0.39 is 21.8 Å². The second kappa shape index (κ2) is 4.30. The summed E-state index contributed by atoms with van der Waals surface area (Å²) >= 11 is 0. The van der Waals surface area contributed by atoms with E-state index in [2.05, 4.69) is 0 Å². The Labute approximate surface area is 113 Å². The molecule has 0 spiro atoms. The van der Waals surface area contributed by atoms with E-state index in [9.17, 15) is 18.0 Å². The normalized spacial score (nSPS) is 37.8. The standard InChI is InChI=1S/C13H19NO4S/c1-2-7-19(17,18)14-12(15)10-8-3-4-9(6-5-8)11(10)13(14)16/h8-11H,2-7H2,1H3. The van der Waals surface area contributed by atoms with Gasteiger partial charge in [0.1, 0.15) is 0 Å². The Hall–Kier alpha value is -0.910. The first-order valence-electron chi connectivity index (χ1n) is 7.08. The number of imide groups is 1. The van der Waals surface area contributed by atoms with Gasteiger partial charge in [0.15, 0.2) is 0 Å². The number of nitrogens with zero attached hydrogens (tertiary/aromatic N) is 1. The van der Waals surface area contributed by atoms with Crippen LogP contribution in [0.1, 0.15) is 39.0 Å². The van der Waals surface area contributed by atoms with Gasteiger partial charge in [0.05, 0.1) is 17.6 Å². The molecular weight excluding hydrogens is 266 g/mol. The molecule has 4 aliphatic rings. The number of carbonyl (C=O) groups excluding carboxylic acids is 2. The molecule has 19 heavy (non-hydrogen) atoms. The molecule has 0 aromatic heterocycles. The summed E-state index contributed by atoms with van der Waals surface area (Å²) in [6, 6.07) is 0. The predicted molar refractivity (Wildman–Crippen MR) is 68.4 cm³/mol. The van der Waals surface area contributed by atoms with Crippen LogP contribution < -0.4 is 0 Å². The summed E-state index contributed by atoms with van der Waals surface area (Å²) < 4.78 is 24.8. The molecule has 4 fully saturated rings. The maximum atomic E-state index is 12.4. The van der Waals surface area contributed by atoms with Crippen LogP contribution in [0.5, 0.6) is 0 Å². The molecule has 0 aromatic rings. The van der Waals surface area contributed by atoms with Gasteiger partial charge in [-0.1, -0.05) is 6.92 Å². The second-order valence-corrected chi connectivity index (χ2v) is 7.92. The van der Waals surface area contributed by atoms with Crippen molar-refractivity contribution in [3.63, 3.8) is 0 Å². The molecule has 3 saturated carbocycles. The molecule has 4 rings (SSSR count). The molecule has 2 amide bonds. The van der Waals surface area contributed by atoms with Gasteiger partial charge in [-0.15, -0.1) is 0 Å². The molecule has 106 valence electrons.